The van der Waals surface area contributed by atoms with Gasteiger partial charge in [0.25, 0.3) is 0 Å². The number of aliphatic hydroxyl groups is 4. The second-order valence-corrected chi connectivity index (χ2v) is 9.82. The SMILES string of the molecule is CCCCCCCCCCCCCCCCC(C(C)O)(C(C)O)C(C(C)O)C(C)O. The van der Waals surface area contributed by atoms with Crippen LogP contribution in [0.4, 0.5) is 0 Å². The van der Waals surface area contributed by atoms with E-state index in [9.17, 15) is 20.4 Å². The third-order valence-electron chi connectivity index (χ3n) is 7.18. The highest BCUT2D eigenvalue weighted by molar-refractivity contribution is 4.98. The summed E-state index contributed by atoms with van der Waals surface area (Å²) >= 11 is 0. The van der Waals surface area contributed by atoms with Crippen LogP contribution in [-0.4, -0.2) is 44.8 Å². The molecule has 0 radical (unpaired) electrons. The minimum atomic E-state index is -0.889. The van der Waals surface area contributed by atoms with Crippen molar-refractivity contribution in [1.29, 1.82) is 0 Å². The van der Waals surface area contributed by atoms with Gasteiger partial charge in [-0.15, -0.1) is 0 Å². The minimum Gasteiger partial charge on any atom is -0.393 e. The summed E-state index contributed by atoms with van der Waals surface area (Å²) in [7, 11) is 0. The molecular weight excluding hydrogens is 376 g/mol. The van der Waals surface area contributed by atoms with E-state index in [1.807, 2.05) is 0 Å². The van der Waals surface area contributed by atoms with Crippen molar-refractivity contribution >= 4 is 0 Å². The van der Waals surface area contributed by atoms with E-state index in [1.54, 1.807) is 27.7 Å². The highest BCUT2D eigenvalue weighted by atomic mass is 16.3. The summed E-state index contributed by atoms with van der Waals surface area (Å²) < 4.78 is 0. The molecule has 4 unspecified atom stereocenters. The van der Waals surface area contributed by atoms with Gasteiger partial charge in [-0.25, -0.2) is 0 Å². The molecule has 30 heavy (non-hydrogen) atoms. The van der Waals surface area contributed by atoms with Crippen LogP contribution in [0.3, 0.4) is 0 Å². The van der Waals surface area contributed by atoms with Crippen molar-refractivity contribution in [2.75, 3.05) is 0 Å². The van der Waals surface area contributed by atoms with Gasteiger partial charge in [0.1, 0.15) is 0 Å². The quantitative estimate of drug-likeness (QED) is 0.179. The second kappa shape index (κ2) is 17.4. The van der Waals surface area contributed by atoms with Gasteiger partial charge in [0.2, 0.25) is 0 Å². The van der Waals surface area contributed by atoms with E-state index in [0.717, 1.165) is 12.8 Å². The van der Waals surface area contributed by atoms with Crippen molar-refractivity contribution in [3.05, 3.63) is 0 Å². The Balaban J connectivity index is 4.14. The molecular formula is C26H54O4. The zero-order valence-corrected chi connectivity index (χ0v) is 20.8. The van der Waals surface area contributed by atoms with Crippen LogP contribution >= 0.6 is 0 Å². The second-order valence-electron chi connectivity index (χ2n) is 9.82. The smallest absolute Gasteiger partial charge is 0.0597 e. The Morgan fingerprint density at radius 3 is 1.07 bits per heavy atom. The molecule has 0 aromatic heterocycles. The number of rotatable bonds is 20. The molecule has 4 N–H and O–H groups in total. The molecule has 4 heteroatoms. The first-order valence-electron chi connectivity index (χ1n) is 12.9. The van der Waals surface area contributed by atoms with E-state index in [4.69, 9.17) is 0 Å². The molecule has 0 bridgehead atoms. The van der Waals surface area contributed by atoms with Crippen molar-refractivity contribution in [3.63, 3.8) is 0 Å². The first kappa shape index (κ1) is 29.8. The topological polar surface area (TPSA) is 80.9 Å². The Kier molecular flexibility index (Phi) is 17.3. The van der Waals surface area contributed by atoms with E-state index in [0.29, 0.717) is 6.42 Å². The molecule has 182 valence electrons. The van der Waals surface area contributed by atoms with Crippen molar-refractivity contribution in [3.8, 4) is 0 Å². The highest BCUT2D eigenvalue weighted by Gasteiger charge is 2.50. The van der Waals surface area contributed by atoms with Crippen molar-refractivity contribution in [1.82, 2.24) is 0 Å². The third kappa shape index (κ3) is 10.9. The van der Waals surface area contributed by atoms with Gasteiger partial charge in [0.15, 0.2) is 0 Å². The van der Waals surface area contributed by atoms with Crippen LogP contribution in [0.1, 0.15) is 131 Å². The number of aliphatic hydroxyl groups excluding tert-OH is 4. The molecule has 0 saturated carbocycles. The van der Waals surface area contributed by atoms with Crippen LogP contribution in [0.5, 0.6) is 0 Å². The van der Waals surface area contributed by atoms with E-state index in [2.05, 4.69) is 6.92 Å². The molecule has 0 fully saturated rings. The fourth-order valence-electron chi connectivity index (χ4n) is 5.42. The molecule has 0 aromatic rings. The molecule has 0 heterocycles. The summed E-state index contributed by atoms with van der Waals surface area (Å²) in [6.45, 7) is 8.89. The maximum absolute atomic E-state index is 10.5. The largest absolute Gasteiger partial charge is 0.393 e. The summed E-state index contributed by atoms with van der Waals surface area (Å²) in [4.78, 5) is 0. The Labute approximate surface area is 187 Å². The fraction of sp³-hybridized carbons (Fsp3) is 1.00. The lowest BCUT2D eigenvalue weighted by atomic mass is 9.61. The highest BCUT2D eigenvalue weighted by Crippen LogP contribution is 2.44. The van der Waals surface area contributed by atoms with Crippen LogP contribution in [0.25, 0.3) is 0 Å². The molecule has 4 nitrogen and oxygen atoms in total. The van der Waals surface area contributed by atoms with Crippen LogP contribution in [0.15, 0.2) is 0 Å². The molecule has 0 aliphatic carbocycles. The summed E-state index contributed by atoms with van der Waals surface area (Å²) in [6.07, 6.45) is 15.4. The molecule has 0 rings (SSSR count). The lowest BCUT2D eigenvalue weighted by Gasteiger charge is -2.48. The number of hydrogen-bond donors (Lipinski definition) is 4. The first-order valence-corrected chi connectivity index (χ1v) is 12.9. The van der Waals surface area contributed by atoms with Gasteiger partial charge < -0.3 is 20.4 Å². The molecule has 0 aromatic carbocycles. The van der Waals surface area contributed by atoms with Gasteiger partial charge in [0, 0.05) is 11.3 Å². The van der Waals surface area contributed by atoms with Gasteiger partial charge in [-0.2, -0.15) is 0 Å². The normalized spacial score (nSPS) is 19.1. The van der Waals surface area contributed by atoms with E-state index < -0.39 is 35.7 Å². The Morgan fingerprint density at radius 2 is 0.800 bits per heavy atom. The van der Waals surface area contributed by atoms with Crippen molar-refractivity contribution in [2.24, 2.45) is 11.3 Å². The van der Waals surface area contributed by atoms with Gasteiger partial charge in [-0.3, -0.25) is 0 Å². The Morgan fingerprint density at radius 1 is 0.500 bits per heavy atom. The van der Waals surface area contributed by atoms with Crippen LogP contribution in [-0.2, 0) is 0 Å². The molecule has 0 aliphatic heterocycles. The molecule has 0 spiro atoms. The maximum Gasteiger partial charge on any atom is 0.0597 e. The molecule has 4 atom stereocenters. The summed E-state index contributed by atoms with van der Waals surface area (Å²) in [6, 6.07) is 0. The third-order valence-corrected chi connectivity index (χ3v) is 7.18. The van der Waals surface area contributed by atoms with E-state index in [-0.39, 0.29) is 0 Å². The molecule has 0 saturated heterocycles. The van der Waals surface area contributed by atoms with E-state index >= 15 is 0 Å². The van der Waals surface area contributed by atoms with Gasteiger partial charge in [0.05, 0.1) is 24.4 Å². The lowest BCUT2D eigenvalue weighted by molar-refractivity contribution is -0.156. The monoisotopic (exact) mass is 430 g/mol. The lowest BCUT2D eigenvalue weighted by Crippen LogP contribution is -2.55. The predicted molar refractivity (Wildman–Crippen MR) is 128 cm³/mol. The summed E-state index contributed by atoms with van der Waals surface area (Å²) in [5.41, 5.74) is -0.889. The maximum atomic E-state index is 10.5. The van der Waals surface area contributed by atoms with Crippen molar-refractivity contribution in [2.45, 2.75) is 155 Å². The Hall–Kier alpha value is -0.160. The predicted octanol–water partition coefficient (Wildman–Crippen LogP) is 5.98. The number of hydrogen-bond acceptors (Lipinski definition) is 4. The minimum absolute atomic E-state index is 0.556. The summed E-state index contributed by atoms with van der Waals surface area (Å²) in [5, 5.41) is 41.5. The summed E-state index contributed by atoms with van der Waals surface area (Å²) in [5.74, 6) is -0.556. The Bertz CT molecular complexity index is 363. The molecule has 0 aliphatic rings. The average molecular weight is 431 g/mol. The fourth-order valence-corrected chi connectivity index (χ4v) is 5.42. The van der Waals surface area contributed by atoms with E-state index in [1.165, 1.54) is 77.0 Å². The van der Waals surface area contributed by atoms with Gasteiger partial charge in [-0.05, 0) is 34.1 Å². The number of unbranched alkanes of at least 4 members (excludes halogenated alkanes) is 13. The standard InChI is InChI=1S/C26H54O4/c1-6-7-8-9-10-11-12-13-14-15-16-17-18-19-20-26(23(4)29,24(5)30)25(21(2)27)22(3)28/h21-25,27-30H,6-20H2,1-5H3. The average Bonchev–Trinajstić information content (AvgIpc) is 2.65. The van der Waals surface area contributed by atoms with Crippen molar-refractivity contribution < 1.29 is 20.4 Å². The zero-order chi connectivity index (χ0) is 23.0. The molecule has 0 amide bonds. The van der Waals surface area contributed by atoms with Crippen LogP contribution < -0.4 is 0 Å². The van der Waals surface area contributed by atoms with Gasteiger partial charge >= 0.3 is 0 Å². The van der Waals surface area contributed by atoms with Gasteiger partial charge in [-0.1, -0.05) is 96.8 Å². The van der Waals surface area contributed by atoms with Crippen LogP contribution in [0, 0.1) is 11.3 Å². The zero-order valence-electron chi connectivity index (χ0n) is 20.8. The van der Waals surface area contributed by atoms with Crippen LogP contribution in [0.2, 0.25) is 0 Å². The first-order chi connectivity index (χ1) is 14.2.